The van der Waals surface area contributed by atoms with Gasteiger partial charge >= 0.3 is 0 Å². The molecule has 0 aliphatic rings. The highest BCUT2D eigenvalue weighted by molar-refractivity contribution is 5.04. The van der Waals surface area contributed by atoms with E-state index in [4.69, 9.17) is 5.26 Å². The van der Waals surface area contributed by atoms with E-state index in [-0.39, 0.29) is 0 Å². The molecule has 0 aliphatic heterocycles. The lowest BCUT2D eigenvalue weighted by atomic mass is 10.0. The maximum atomic E-state index is 9.37. The zero-order valence-electron chi connectivity index (χ0n) is 8.09. The first-order valence-corrected chi connectivity index (χ1v) is 4.20. The van der Waals surface area contributed by atoms with Crippen LogP contribution in [0.25, 0.3) is 0 Å². The van der Waals surface area contributed by atoms with Gasteiger partial charge in [-0.1, -0.05) is 11.6 Å². The quantitative estimate of drug-likeness (QED) is 0.653. The van der Waals surface area contributed by atoms with E-state index >= 15 is 0 Å². The molecule has 0 amide bonds. The van der Waals surface area contributed by atoms with Crippen molar-refractivity contribution in [2.24, 2.45) is 0 Å². The Morgan fingerprint density at radius 2 is 2.17 bits per heavy atom. The second kappa shape index (κ2) is 4.95. The summed E-state index contributed by atoms with van der Waals surface area (Å²) in [6, 6.07) is 2.08. The van der Waals surface area contributed by atoms with E-state index in [9.17, 15) is 5.11 Å². The van der Waals surface area contributed by atoms with E-state index in [0.29, 0.717) is 6.42 Å². The molecule has 1 N–H and O–H groups in total. The molecule has 0 saturated heterocycles. The van der Waals surface area contributed by atoms with Crippen molar-refractivity contribution in [1.29, 1.82) is 5.26 Å². The van der Waals surface area contributed by atoms with Crippen LogP contribution < -0.4 is 0 Å². The molecule has 0 bridgehead atoms. The van der Waals surface area contributed by atoms with Gasteiger partial charge in [0.15, 0.2) is 0 Å². The molecule has 0 unspecified atom stereocenters. The minimum atomic E-state index is -0.594. The lowest BCUT2D eigenvalue weighted by molar-refractivity contribution is 0.0721. The van der Waals surface area contributed by atoms with Gasteiger partial charge in [0.05, 0.1) is 18.1 Å². The van der Waals surface area contributed by atoms with Gasteiger partial charge in [-0.2, -0.15) is 5.26 Å². The zero-order valence-corrected chi connectivity index (χ0v) is 8.09. The fourth-order valence-electron chi connectivity index (χ4n) is 0.869. The number of hydrogen-bond acceptors (Lipinski definition) is 2. The van der Waals surface area contributed by atoms with E-state index in [1.54, 1.807) is 13.8 Å². The first-order chi connectivity index (χ1) is 5.45. The maximum absolute atomic E-state index is 9.37. The molecule has 0 rings (SSSR count). The van der Waals surface area contributed by atoms with E-state index in [0.717, 1.165) is 18.4 Å². The topological polar surface area (TPSA) is 44.0 Å². The van der Waals surface area contributed by atoms with E-state index in [1.807, 2.05) is 13.0 Å². The molecule has 0 radical (unpaired) electrons. The highest BCUT2D eigenvalue weighted by Gasteiger charge is 2.09. The molecule has 0 heterocycles. The molecule has 0 aromatic carbocycles. The highest BCUT2D eigenvalue weighted by atomic mass is 16.3. The number of nitriles is 1. The largest absolute Gasteiger partial charge is 0.390 e. The summed E-state index contributed by atoms with van der Waals surface area (Å²) in [6.07, 6.45) is 4.10. The first kappa shape index (κ1) is 11.2. The molecule has 0 saturated carbocycles. The minimum absolute atomic E-state index is 0.492. The van der Waals surface area contributed by atoms with Gasteiger partial charge in [-0.3, -0.25) is 0 Å². The van der Waals surface area contributed by atoms with Crippen LogP contribution in [0.2, 0.25) is 0 Å². The number of rotatable bonds is 4. The maximum Gasteiger partial charge on any atom is 0.0666 e. The van der Waals surface area contributed by atoms with Gasteiger partial charge in [0, 0.05) is 0 Å². The van der Waals surface area contributed by atoms with Gasteiger partial charge in [-0.25, -0.2) is 0 Å². The van der Waals surface area contributed by atoms with Crippen molar-refractivity contribution in [3.05, 3.63) is 11.6 Å². The lowest BCUT2D eigenvalue weighted by Crippen LogP contribution is -2.17. The van der Waals surface area contributed by atoms with Crippen LogP contribution in [0.4, 0.5) is 0 Å². The number of aliphatic hydroxyl groups is 1. The summed E-state index contributed by atoms with van der Waals surface area (Å²) in [4.78, 5) is 0. The minimum Gasteiger partial charge on any atom is -0.390 e. The number of allylic oxidation sites excluding steroid dienone is 2. The SMILES string of the molecule is CC(=CCCC(C)(C)O)CC#N. The number of hydrogen-bond donors (Lipinski definition) is 1. The number of nitrogens with zero attached hydrogens (tertiary/aromatic N) is 1. The average Bonchev–Trinajstić information content (AvgIpc) is 1.84. The summed E-state index contributed by atoms with van der Waals surface area (Å²) in [5.74, 6) is 0. The van der Waals surface area contributed by atoms with Crippen molar-refractivity contribution < 1.29 is 5.11 Å². The Hall–Kier alpha value is -0.810. The Morgan fingerprint density at radius 3 is 2.58 bits per heavy atom. The molecule has 0 spiro atoms. The normalized spacial score (nSPS) is 12.8. The second-order valence-corrected chi connectivity index (χ2v) is 3.74. The molecule has 0 aliphatic carbocycles. The third kappa shape index (κ3) is 7.30. The van der Waals surface area contributed by atoms with Crippen molar-refractivity contribution in [2.75, 3.05) is 0 Å². The molecule has 2 nitrogen and oxygen atoms in total. The first-order valence-electron chi connectivity index (χ1n) is 4.20. The molecule has 0 fully saturated rings. The molecule has 2 heteroatoms. The van der Waals surface area contributed by atoms with Crippen molar-refractivity contribution >= 4 is 0 Å². The van der Waals surface area contributed by atoms with Crippen LogP contribution in [-0.2, 0) is 0 Å². The highest BCUT2D eigenvalue weighted by Crippen LogP contribution is 2.12. The van der Waals surface area contributed by atoms with Crippen LogP contribution in [0.3, 0.4) is 0 Å². The Kier molecular flexibility index (Phi) is 4.61. The molecule has 0 aromatic heterocycles. The van der Waals surface area contributed by atoms with Crippen LogP contribution >= 0.6 is 0 Å². The van der Waals surface area contributed by atoms with Crippen LogP contribution in [0.15, 0.2) is 11.6 Å². The predicted molar refractivity (Wildman–Crippen MR) is 49.5 cm³/mol. The van der Waals surface area contributed by atoms with Crippen LogP contribution in [-0.4, -0.2) is 10.7 Å². The predicted octanol–water partition coefficient (Wildman–Crippen LogP) is 2.40. The molecular weight excluding hydrogens is 150 g/mol. The molecule has 0 atom stereocenters. The van der Waals surface area contributed by atoms with Crippen LogP contribution in [0.1, 0.15) is 40.0 Å². The Morgan fingerprint density at radius 1 is 1.58 bits per heavy atom. The zero-order chi connectivity index (χ0) is 9.61. The summed E-state index contributed by atoms with van der Waals surface area (Å²) in [7, 11) is 0. The summed E-state index contributed by atoms with van der Waals surface area (Å²) >= 11 is 0. The summed E-state index contributed by atoms with van der Waals surface area (Å²) in [6.45, 7) is 5.52. The third-order valence-electron chi connectivity index (χ3n) is 1.61. The Bertz CT molecular complexity index is 193. The van der Waals surface area contributed by atoms with Crippen molar-refractivity contribution in [1.82, 2.24) is 0 Å². The van der Waals surface area contributed by atoms with Crippen molar-refractivity contribution in [3.63, 3.8) is 0 Å². The van der Waals surface area contributed by atoms with Gasteiger partial charge in [0.1, 0.15) is 0 Å². The Balaban J connectivity index is 3.69. The van der Waals surface area contributed by atoms with Crippen molar-refractivity contribution in [2.45, 2.75) is 45.6 Å². The van der Waals surface area contributed by atoms with E-state index in [1.165, 1.54) is 0 Å². The fourth-order valence-corrected chi connectivity index (χ4v) is 0.869. The van der Waals surface area contributed by atoms with Crippen LogP contribution in [0, 0.1) is 11.3 Å². The fraction of sp³-hybridized carbons (Fsp3) is 0.700. The van der Waals surface area contributed by atoms with Gasteiger partial charge in [-0.15, -0.1) is 0 Å². The van der Waals surface area contributed by atoms with Crippen LogP contribution in [0.5, 0.6) is 0 Å². The Labute approximate surface area is 74.5 Å². The second-order valence-electron chi connectivity index (χ2n) is 3.74. The van der Waals surface area contributed by atoms with Gasteiger partial charge in [0.25, 0.3) is 0 Å². The summed E-state index contributed by atoms with van der Waals surface area (Å²) in [5.41, 5.74) is 0.491. The van der Waals surface area contributed by atoms with Crippen molar-refractivity contribution in [3.8, 4) is 6.07 Å². The van der Waals surface area contributed by atoms with Gasteiger partial charge in [-0.05, 0) is 33.6 Å². The molecule has 68 valence electrons. The summed E-state index contributed by atoms with van der Waals surface area (Å²) in [5, 5.41) is 17.7. The van der Waals surface area contributed by atoms with Gasteiger partial charge < -0.3 is 5.11 Å². The lowest BCUT2D eigenvalue weighted by Gasteiger charge is -2.15. The van der Waals surface area contributed by atoms with E-state index in [2.05, 4.69) is 6.07 Å². The summed E-state index contributed by atoms with van der Waals surface area (Å²) < 4.78 is 0. The molecular formula is C10H17NO. The standard InChI is InChI=1S/C10H17NO/c1-9(6-8-11)5-4-7-10(2,3)12/h5,12H,4,6-7H2,1-3H3. The molecule has 12 heavy (non-hydrogen) atoms. The average molecular weight is 167 g/mol. The van der Waals surface area contributed by atoms with E-state index < -0.39 is 5.60 Å². The molecule has 0 aromatic rings. The smallest absolute Gasteiger partial charge is 0.0666 e. The third-order valence-corrected chi connectivity index (χ3v) is 1.61. The monoisotopic (exact) mass is 167 g/mol. The van der Waals surface area contributed by atoms with Gasteiger partial charge in [0.2, 0.25) is 0 Å².